The molecule has 18 heavy (non-hydrogen) atoms. The average molecular weight is 248 g/mol. The second-order valence-electron chi connectivity index (χ2n) is 3.12. The lowest BCUT2D eigenvalue weighted by Gasteiger charge is -2.04. The van der Waals surface area contributed by atoms with Crippen LogP contribution in [0.5, 0.6) is 0 Å². The Morgan fingerprint density at radius 1 is 1.56 bits per heavy atom. The highest BCUT2D eigenvalue weighted by molar-refractivity contribution is 5.96. The molecule has 6 heteroatoms. The molecule has 6 nitrogen and oxygen atoms in total. The topological polar surface area (TPSA) is 88.5 Å². The molecular weight excluding hydrogens is 236 g/mol. The second-order valence-corrected chi connectivity index (χ2v) is 3.12. The van der Waals surface area contributed by atoms with Gasteiger partial charge >= 0.3 is 5.97 Å². The molecule has 0 saturated carbocycles. The van der Waals surface area contributed by atoms with Gasteiger partial charge in [-0.25, -0.2) is 4.98 Å². The van der Waals surface area contributed by atoms with Crippen LogP contribution < -0.4 is 5.32 Å². The van der Waals surface area contributed by atoms with E-state index in [1.165, 1.54) is 13.3 Å². The number of pyridine rings is 1. The van der Waals surface area contributed by atoms with Crippen molar-refractivity contribution in [2.24, 2.45) is 0 Å². The van der Waals surface area contributed by atoms with Crippen LogP contribution >= 0.6 is 0 Å². The molecule has 0 fully saturated rings. The minimum absolute atomic E-state index is 0.0994. The number of ether oxygens (including phenoxy) is 1. The largest absolute Gasteiger partial charge is 0.468 e. The average Bonchev–Trinajstić information content (AvgIpc) is 2.42. The van der Waals surface area contributed by atoms with Gasteiger partial charge in [0, 0.05) is 6.20 Å². The highest BCUT2D eigenvalue weighted by atomic mass is 16.5. The third kappa shape index (κ3) is 3.88. The van der Waals surface area contributed by atoms with E-state index < -0.39 is 11.9 Å². The molecule has 1 rings (SSSR count). The number of nitrogens with one attached hydrogen (secondary N) is 1. The first kappa shape index (κ1) is 13.7. The van der Waals surface area contributed by atoms with Crippen LogP contribution in [0.1, 0.15) is 16.1 Å². The maximum absolute atomic E-state index is 11.7. The molecular formula is C12H12N2O4. The molecule has 0 aromatic carbocycles. The van der Waals surface area contributed by atoms with Gasteiger partial charge in [-0.2, -0.15) is 0 Å². The zero-order valence-electron chi connectivity index (χ0n) is 9.77. The van der Waals surface area contributed by atoms with Gasteiger partial charge in [0.2, 0.25) is 0 Å². The van der Waals surface area contributed by atoms with Gasteiger partial charge in [0.1, 0.15) is 18.8 Å². The molecule has 0 aliphatic heterocycles. The summed E-state index contributed by atoms with van der Waals surface area (Å²) in [6.07, 6.45) is 1.44. The minimum Gasteiger partial charge on any atom is -0.468 e. The van der Waals surface area contributed by atoms with E-state index in [0.717, 1.165) is 0 Å². The number of aromatic nitrogens is 1. The van der Waals surface area contributed by atoms with Crippen molar-refractivity contribution in [3.63, 3.8) is 0 Å². The molecule has 0 bridgehead atoms. The summed E-state index contributed by atoms with van der Waals surface area (Å²) in [6.45, 7) is -0.545. The molecule has 0 radical (unpaired) electrons. The molecule has 2 N–H and O–H groups in total. The van der Waals surface area contributed by atoms with E-state index in [2.05, 4.69) is 26.9 Å². The first-order chi connectivity index (χ1) is 8.69. The van der Waals surface area contributed by atoms with Crippen LogP contribution in [-0.4, -0.2) is 42.2 Å². The van der Waals surface area contributed by atoms with Crippen molar-refractivity contribution in [1.29, 1.82) is 0 Å². The minimum atomic E-state index is -0.553. The molecule has 94 valence electrons. The van der Waals surface area contributed by atoms with Crippen LogP contribution in [-0.2, 0) is 9.53 Å². The van der Waals surface area contributed by atoms with E-state index in [-0.39, 0.29) is 18.8 Å². The Morgan fingerprint density at radius 3 is 3.00 bits per heavy atom. The first-order valence-corrected chi connectivity index (χ1v) is 5.08. The van der Waals surface area contributed by atoms with E-state index in [9.17, 15) is 9.59 Å². The number of methoxy groups -OCH3 is 1. The summed E-state index contributed by atoms with van der Waals surface area (Å²) in [5.74, 6) is 3.96. The molecule has 0 spiro atoms. The zero-order valence-corrected chi connectivity index (χ0v) is 9.77. The second kappa shape index (κ2) is 7.04. The first-order valence-electron chi connectivity index (χ1n) is 5.08. The van der Waals surface area contributed by atoms with E-state index >= 15 is 0 Å². The van der Waals surface area contributed by atoms with Crippen LogP contribution in [0, 0.1) is 11.8 Å². The maximum atomic E-state index is 11.7. The number of hydrogen-bond donors (Lipinski definition) is 2. The summed E-state index contributed by atoms with van der Waals surface area (Å²) in [5, 5.41) is 11.0. The van der Waals surface area contributed by atoms with Crippen molar-refractivity contribution >= 4 is 11.9 Å². The van der Waals surface area contributed by atoms with E-state index in [1.54, 1.807) is 12.1 Å². The van der Waals surface area contributed by atoms with E-state index in [0.29, 0.717) is 5.56 Å². The number of carbonyl (C=O) groups is 2. The van der Waals surface area contributed by atoms with Crippen molar-refractivity contribution in [3.8, 4) is 11.8 Å². The fourth-order valence-corrected chi connectivity index (χ4v) is 1.13. The third-order valence-electron chi connectivity index (χ3n) is 1.95. The van der Waals surface area contributed by atoms with Crippen molar-refractivity contribution < 1.29 is 19.4 Å². The van der Waals surface area contributed by atoms with E-state index in [4.69, 9.17) is 5.11 Å². The van der Waals surface area contributed by atoms with Crippen molar-refractivity contribution in [2.45, 2.75) is 0 Å². The fraction of sp³-hybridized carbons (Fsp3) is 0.250. The summed E-state index contributed by atoms with van der Waals surface area (Å²) < 4.78 is 4.40. The number of aliphatic hydroxyl groups excluding tert-OH is 1. The monoisotopic (exact) mass is 248 g/mol. The van der Waals surface area contributed by atoms with Crippen LogP contribution in [0.15, 0.2) is 18.3 Å². The number of aliphatic hydroxyl groups is 1. The summed E-state index contributed by atoms with van der Waals surface area (Å²) in [5.41, 5.74) is 0.483. The van der Waals surface area contributed by atoms with Crippen LogP contribution in [0.3, 0.4) is 0 Å². The number of nitrogens with zero attached hydrogens (tertiary/aromatic N) is 1. The van der Waals surface area contributed by atoms with Gasteiger partial charge in [-0.1, -0.05) is 11.8 Å². The van der Waals surface area contributed by atoms with Gasteiger partial charge in [-0.15, -0.1) is 0 Å². The highest BCUT2D eigenvalue weighted by Gasteiger charge is 2.12. The van der Waals surface area contributed by atoms with Crippen LogP contribution in [0.2, 0.25) is 0 Å². The Hall–Kier alpha value is -2.39. The number of esters is 1. The molecule has 0 atom stereocenters. The maximum Gasteiger partial charge on any atom is 0.325 e. The number of carbonyl (C=O) groups excluding carboxylic acids is 2. The molecule has 1 heterocycles. The number of amides is 1. The molecule has 0 aliphatic rings. The highest BCUT2D eigenvalue weighted by Crippen LogP contribution is 2.03. The number of hydrogen-bond acceptors (Lipinski definition) is 5. The SMILES string of the molecule is COC(=O)CNC(=O)c1ncccc1C#CCO. The van der Waals surface area contributed by atoms with Gasteiger partial charge in [-0.3, -0.25) is 9.59 Å². The number of rotatable bonds is 3. The van der Waals surface area contributed by atoms with E-state index in [1.807, 2.05) is 0 Å². The Bertz CT molecular complexity index is 502. The molecule has 0 unspecified atom stereocenters. The van der Waals surface area contributed by atoms with Gasteiger partial charge in [0.15, 0.2) is 0 Å². The van der Waals surface area contributed by atoms with Gasteiger partial charge in [0.05, 0.1) is 12.7 Å². The van der Waals surface area contributed by atoms with Gasteiger partial charge in [-0.05, 0) is 12.1 Å². The van der Waals surface area contributed by atoms with Crippen LogP contribution in [0.25, 0.3) is 0 Å². The summed E-state index contributed by atoms with van der Waals surface area (Å²) in [4.78, 5) is 26.5. The van der Waals surface area contributed by atoms with Crippen molar-refractivity contribution in [1.82, 2.24) is 10.3 Å². The standard InChI is InChI=1S/C12H12N2O4/c1-18-10(16)8-14-12(17)11-9(5-3-7-15)4-2-6-13-11/h2,4,6,15H,7-8H2,1H3,(H,14,17). The summed E-state index contributed by atoms with van der Waals surface area (Å²) in [6, 6.07) is 3.22. The molecule has 0 saturated heterocycles. The molecule has 0 aliphatic carbocycles. The Labute approximate surface area is 104 Å². The lowest BCUT2D eigenvalue weighted by Crippen LogP contribution is -2.31. The lowest BCUT2D eigenvalue weighted by atomic mass is 10.2. The lowest BCUT2D eigenvalue weighted by molar-refractivity contribution is -0.139. The van der Waals surface area contributed by atoms with Crippen molar-refractivity contribution in [3.05, 3.63) is 29.6 Å². The smallest absolute Gasteiger partial charge is 0.325 e. The Morgan fingerprint density at radius 2 is 2.33 bits per heavy atom. The van der Waals surface area contributed by atoms with Crippen LogP contribution in [0.4, 0.5) is 0 Å². The zero-order chi connectivity index (χ0) is 13.4. The predicted molar refractivity (Wildman–Crippen MR) is 62.6 cm³/mol. The predicted octanol–water partition coefficient (Wildman–Crippen LogP) is -0.672. The fourth-order valence-electron chi connectivity index (χ4n) is 1.13. The summed E-state index contributed by atoms with van der Waals surface area (Å²) in [7, 11) is 1.23. The van der Waals surface area contributed by atoms with Crippen molar-refractivity contribution in [2.75, 3.05) is 20.3 Å². The third-order valence-corrected chi connectivity index (χ3v) is 1.95. The normalized spacial score (nSPS) is 9.00. The Balaban J connectivity index is 2.82. The van der Waals surface area contributed by atoms with Gasteiger partial charge in [0.25, 0.3) is 5.91 Å². The van der Waals surface area contributed by atoms with Gasteiger partial charge < -0.3 is 15.2 Å². The quantitative estimate of drug-likeness (QED) is 0.547. The summed E-state index contributed by atoms with van der Waals surface area (Å²) >= 11 is 0. The molecule has 1 aromatic heterocycles. The molecule has 1 amide bonds. The Kier molecular flexibility index (Phi) is 5.35. The molecule has 1 aromatic rings.